The van der Waals surface area contributed by atoms with Crippen LogP contribution in [0.1, 0.15) is 5.56 Å². The van der Waals surface area contributed by atoms with E-state index in [-0.39, 0.29) is 0 Å². The second kappa shape index (κ2) is 3.74. The number of pyridine rings is 1. The van der Waals surface area contributed by atoms with Crippen molar-refractivity contribution in [2.45, 2.75) is 0 Å². The lowest BCUT2D eigenvalue weighted by atomic mass is 10.2. The Bertz CT molecular complexity index is 365. The molecule has 1 aromatic rings. The highest BCUT2D eigenvalue weighted by Crippen LogP contribution is 2.13. The van der Waals surface area contributed by atoms with Gasteiger partial charge in [0.25, 0.3) is 0 Å². The van der Waals surface area contributed by atoms with Gasteiger partial charge in [-0.2, -0.15) is 0 Å². The molecule has 0 unspecified atom stereocenters. The Hall–Kier alpha value is -1.53. The van der Waals surface area contributed by atoms with Crippen LogP contribution in [0, 0.1) is 11.8 Å². The molecule has 0 saturated carbocycles. The summed E-state index contributed by atoms with van der Waals surface area (Å²) in [6.07, 6.45) is 1.92. The molecule has 1 rings (SSSR count). The standard InChI is InChI=1S/C8H5ClN2O/c9-8-4-7(10)6(5-11-8)2-1-3-12/h3-5H,(H2,10,11). The van der Waals surface area contributed by atoms with Gasteiger partial charge in [-0.25, -0.2) is 4.98 Å². The molecule has 4 heteroatoms. The van der Waals surface area contributed by atoms with Crippen molar-refractivity contribution in [2.75, 3.05) is 5.73 Å². The SMILES string of the molecule is Nc1cc(Cl)ncc1C#CC=O. The highest BCUT2D eigenvalue weighted by molar-refractivity contribution is 6.29. The lowest BCUT2D eigenvalue weighted by Gasteiger charge is -1.95. The summed E-state index contributed by atoms with van der Waals surface area (Å²) in [5.41, 5.74) is 6.45. The number of hydrogen-bond donors (Lipinski definition) is 1. The number of anilines is 1. The number of halogens is 1. The summed E-state index contributed by atoms with van der Waals surface area (Å²) in [5, 5.41) is 0.309. The molecule has 0 aliphatic heterocycles. The number of hydrogen-bond acceptors (Lipinski definition) is 3. The largest absolute Gasteiger partial charge is 0.398 e. The fraction of sp³-hybridized carbons (Fsp3) is 0. The maximum atomic E-state index is 9.90. The van der Waals surface area contributed by atoms with Gasteiger partial charge in [0.1, 0.15) is 5.15 Å². The summed E-state index contributed by atoms with van der Waals surface area (Å²) in [6, 6.07) is 1.48. The van der Waals surface area contributed by atoms with Crippen LogP contribution in [0.4, 0.5) is 5.69 Å². The monoisotopic (exact) mass is 180 g/mol. The maximum absolute atomic E-state index is 9.90. The van der Waals surface area contributed by atoms with Crippen LogP contribution in [0.15, 0.2) is 12.3 Å². The van der Waals surface area contributed by atoms with Crippen molar-refractivity contribution < 1.29 is 4.79 Å². The average molecular weight is 181 g/mol. The van der Waals surface area contributed by atoms with Gasteiger partial charge < -0.3 is 5.73 Å². The van der Waals surface area contributed by atoms with E-state index in [1.807, 2.05) is 0 Å². The number of nitrogens with two attached hydrogens (primary N) is 1. The van der Waals surface area contributed by atoms with E-state index in [9.17, 15) is 4.79 Å². The second-order valence-corrected chi connectivity index (χ2v) is 2.37. The van der Waals surface area contributed by atoms with E-state index in [4.69, 9.17) is 17.3 Å². The first-order chi connectivity index (χ1) is 5.74. The molecule has 0 fully saturated rings. The molecule has 0 aromatic carbocycles. The van der Waals surface area contributed by atoms with Crippen LogP contribution in [0.25, 0.3) is 0 Å². The van der Waals surface area contributed by atoms with Crippen LogP contribution in [-0.2, 0) is 4.79 Å². The fourth-order valence-electron chi connectivity index (χ4n) is 0.656. The lowest BCUT2D eigenvalue weighted by Crippen LogP contribution is -1.91. The second-order valence-electron chi connectivity index (χ2n) is 1.98. The molecule has 0 radical (unpaired) electrons. The normalized spacial score (nSPS) is 8.42. The molecule has 3 nitrogen and oxygen atoms in total. The maximum Gasteiger partial charge on any atom is 0.193 e. The Kier molecular flexibility index (Phi) is 2.67. The molecule has 0 aliphatic rings. The predicted octanol–water partition coefficient (Wildman–Crippen LogP) is 0.868. The van der Waals surface area contributed by atoms with E-state index in [0.717, 1.165) is 0 Å². The molecule has 0 amide bonds. The quantitative estimate of drug-likeness (QED) is 0.366. The lowest BCUT2D eigenvalue weighted by molar-refractivity contribution is -0.103. The van der Waals surface area contributed by atoms with Crippen LogP contribution >= 0.6 is 11.6 Å². The van der Waals surface area contributed by atoms with Crippen molar-refractivity contribution in [3.8, 4) is 11.8 Å². The predicted molar refractivity (Wildman–Crippen MR) is 46.6 cm³/mol. The van der Waals surface area contributed by atoms with Gasteiger partial charge in [0, 0.05) is 6.20 Å². The van der Waals surface area contributed by atoms with E-state index in [2.05, 4.69) is 16.8 Å². The third kappa shape index (κ3) is 1.97. The highest BCUT2D eigenvalue weighted by Gasteiger charge is 1.96. The van der Waals surface area contributed by atoms with Gasteiger partial charge >= 0.3 is 0 Å². The highest BCUT2D eigenvalue weighted by atomic mass is 35.5. The minimum absolute atomic E-state index is 0.309. The fourth-order valence-corrected chi connectivity index (χ4v) is 0.822. The molecule has 2 N–H and O–H groups in total. The van der Waals surface area contributed by atoms with E-state index in [1.165, 1.54) is 12.3 Å². The van der Waals surface area contributed by atoms with Crippen LogP contribution in [0.5, 0.6) is 0 Å². The Morgan fingerprint density at radius 2 is 2.42 bits per heavy atom. The molecule has 0 atom stereocenters. The first-order valence-electron chi connectivity index (χ1n) is 3.10. The van der Waals surface area contributed by atoms with Gasteiger partial charge in [0.05, 0.1) is 11.3 Å². The number of nitrogen functional groups attached to an aromatic ring is 1. The van der Waals surface area contributed by atoms with Crippen molar-refractivity contribution >= 4 is 23.6 Å². The minimum Gasteiger partial charge on any atom is -0.398 e. The van der Waals surface area contributed by atoms with Gasteiger partial charge in [-0.05, 0) is 12.0 Å². The van der Waals surface area contributed by atoms with Crippen molar-refractivity contribution in [1.82, 2.24) is 4.98 Å². The van der Waals surface area contributed by atoms with Gasteiger partial charge in [-0.15, -0.1) is 0 Å². The van der Waals surface area contributed by atoms with Crippen LogP contribution in [-0.4, -0.2) is 11.3 Å². The molecule has 1 heterocycles. The van der Waals surface area contributed by atoms with Crippen molar-refractivity contribution in [2.24, 2.45) is 0 Å². The topological polar surface area (TPSA) is 56.0 Å². The summed E-state index contributed by atoms with van der Waals surface area (Å²) < 4.78 is 0. The number of nitrogens with zero attached hydrogens (tertiary/aromatic N) is 1. The zero-order chi connectivity index (χ0) is 8.97. The van der Waals surface area contributed by atoms with Crippen molar-refractivity contribution in [3.05, 3.63) is 23.0 Å². The number of aromatic nitrogens is 1. The molecule has 0 bridgehead atoms. The number of carbonyl (C=O) groups is 1. The number of aldehydes is 1. The van der Waals surface area contributed by atoms with Gasteiger partial charge in [-0.1, -0.05) is 17.5 Å². The van der Waals surface area contributed by atoms with Crippen LogP contribution < -0.4 is 5.73 Å². The Morgan fingerprint density at radius 1 is 1.67 bits per heavy atom. The smallest absolute Gasteiger partial charge is 0.193 e. The third-order valence-corrected chi connectivity index (χ3v) is 1.38. The number of rotatable bonds is 0. The minimum atomic E-state index is 0.309. The average Bonchev–Trinajstić information content (AvgIpc) is 2.03. The zero-order valence-electron chi connectivity index (χ0n) is 6.04. The Morgan fingerprint density at radius 3 is 3.00 bits per heavy atom. The summed E-state index contributed by atoms with van der Waals surface area (Å²) in [4.78, 5) is 13.7. The van der Waals surface area contributed by atoms with Crippen molar-refractivity contribution in [1.29, 1.82) is 0 Å². The van der Waals surface area contributed by atoms with Gasteiger partial charge in [0.15, 0.2) is 6.29 Å². The molecular weight excluding hydrogens is 176 g/mol. The van der Waals surface area contributed by atoms with Crippen LogP contribution in [0.3, 0.4) is 0 Å². The van der Waals surface area contributed by atoms with Crippen molar-refractivity contribution in [3.63, 3.8) is 0 Å². The first kappa shape index (κ1) is 8.57. The Labute approximate surface area is 74.5 Å². The molecule has 12 heavy (non-hydrogen) atoms. The summed E-state index contributed by atoms with van der Waals surface area (Å²) >= 11 is 5.54. The Balaban J connectivity index is 3.09. The summed E-state index contributed by atoms with van der Waals surface area (Å²) in [6.45, 7) is 0. The molecule has 0 saturated heterocycles. The molecule has 60 valence electrons. The number of carbonyl (C=O) groups excluding carboxylic acids is 1. The van der Waals surface area contributed by atoms with E-state index < -0.39 is 0 Å². The molecule has 1 aromatic heterocycles. The van der Waals surface area contributed by atoms with Gasteiger partial charge in [0.2, 0.25) is 0 Å². The van der Waals surface area contributed by atoms with E-state index in [0.29, 0.717) is 22.7 Å². The van der Waals surface area contributed by atoms with Gasteiger partial charge in [-0.3, -0.25) is 4.79 Å². The van der Waals surface area contributed by atoms with E-state index >= 15 is 0 Å². The summed E-state index contributed by atoms with van der Waals surface area (Å²) in [5.74, 6) is 4.76. The zero-order valence-corrected chi connectivity index (χ0v) is 6.80. The first-order valence-corrected chi connectivity index (χ1v) is 3.48. The molecule has 0 aliphatic carbocycles. The van der Waals surface area contributed by atoms with Crippen LogP contribution in [0.2, 0.25) is 5.15 Å². The third-order valence-electron chi connectivity index (χ3n) is 1.17. The van der Waals surface area contributed by atoms with E-state index in [1.54, 1.807) is 0 Å². The molecule has 0 spiro atoms. The summed E-state index contributed by atoms with van der Waals surface area (Å²) in [7, 11) is 0. The molecular formula is C8H5ClN2O.